The topological polar surface area (TPSA) is 57.5 Å². The van der Waals surface area contributed by atoms with Crippen LogP contribution < -0.4 is 0 Å². The first-order valence-corrected chi connectivity index (χ1v) is 4.56. The molecule has 0 heterocycles. The van der Waals surface area contributed by atoms with Crippen molar-refractivity contribution >= 4 is 5.97 Å². The Balaban J connectivity index is 2.60. The minimum absolute atomic E-state index is 0.00485. The molecule has 1 aromatic rings. The van der Waals surface area contributed by atoms with Gasteiger partial charge in [-0.3, -0.25) is 4.79 Å². The van der Waals surface area contributed by atoms with E-state index in [4.69, 9.17) is 5.11 Å². The number of carboxylic acid groups (broad SMARTS) is 1. The number of aliphatic carboxylic acids is 1. The fraction of sp³-hybridized carbons (Fsp3) is 0.364. The Bertz CT molecular complexity index is 320. The minimum Gasteiger partial charge on any atom is -0.481 e. The molecular weight excluding hydrogens is 180 g/mol. The number of carbonyl (C=O) groups is 1. The van der Waals surface area contributed by atoms with Crippen molar-refractivity contribution in [2.75, 3.05) is 0 Å². The van der Waals surface area contributed by atoms with Crippen LogP contribution in [0.3, 0.4) is 0 Å². The Morgan fingerprint density at radius 3 is 2.79 bits per heavy atom. The number of aliphatic hydroxyl groups is 1. The van der Waals surface area contributed by atoms with Gasteiger partial charge < -0.3 is 10.2 Å². The molecule has 0 fully saturated rings. The third kappa shape index (κ3) is 3.18. The highest BCUT2D eigenvalue weighted by atomic mass is 16.4. The van der Waals surface area contributed by atoms with Crippen LogP contribution in [-0.2, 0) is 4.79 Å². The average Bonchev–Trinajstić information content (AvgIpc) is 2.14. The molecule has 3 heteroatoms. The van der Waals surface area contributed by atoms with Gasteiger partial charge in [0, 0.05) is 6.42 Å². The monoisotopic (exact) mass is 194 g/mol. The fourth-order valence-corrected chi connectivity index (χ4v) is 1.30. The molecule has 2 N–H and O–H groups in total. The fourth-order valence-electron chi connectivity index (χ4n) is 1.30. The van der Waals surface area contributed by atoms with E-state index in [1.54, 1.807) is 6.07 Å². The van der Waals surface area contributed by atoms with Crippen LogP contribution in [-0.4, -0.2) is 16.2 Å². The normalized spacial score (nSPS) is 12.4. The highest BCUT2D eigenvalue weighted by Crippen LogP contribution is 2.18. The van der Waals surface area contributed by atoms with E-state index in [2.05, 4.69) is 0 Å². The maximum atomic E-state index is 10.3. The summed E-state index contributed by atoms with van der Waals surface area (Å²) in [5.74, 6) is -0.878. The lowest BCUT2D eigenvalue weighted by Gasteiger charge is -2.09. The van der Waals surface area contributed by atoms with Crippen LogP contribution in [0.25, 0.3) is 0 Å². The number of aryl methyl sites for hydroxylation is 1. The number of aliphatic hydroxyl groups excluding tert-OH is 1. The zero-order valence-electron chi connectivity index (χ0n) is 8.10. The van der Waals surface area contributed by atoms with E-state index in [0.29, 0.717) is 0 Å². The maximum Gasteiger partial charge on any atom is 0.303 e. The van der Waals surface area contributed by atoms with Crippen LogP contribution in [0.5, 0.6) is 0 Å². The summed E-state index contributed by atoms with van der Waals surface area (Å²) in [6.07, 6.45) is -0.417. The second kappa shape index (κ2) is 4.77. The molecule has 0 aromatic heterocycles. The van der Waals surface area contributed by atoms with E-state index in [0.717, 1.165) is 11.1 Å². The Morgan fingerprint density at radius 2 is 2.21 bits per heavy atom. The molecule has 0 aliphatic rings. The van der Waals surface area contributed by atoms with Crippen LogP contribution in [0.2, 0.25) is 0 Å². The molecule has 3 nitrogen and oxygen atoms in total. The predicted molar refractivity (Wildman–Crippen MR) is 53.0 cm³/mol. The third-order valence-corrected chi connectivity index (χ3v) is 2.06. The van der Waals surface area contributed by atoms with Crippen molar-refractivity contribution in [2.24, 2.45) is 0 Å². The van der Waals surface area contributed by atoms with Gasteiger partial charge in [0.1, 0.15) is 0 Å². The number of benzene rings is 1. The second-order valence-corrected chi connectivity index (χ2v) is 3.36. The van der Waals surface area contributed by atoms with Crippen molar-refractivity contribution in [1.82, 2.24) is 0 Å². The lowest BCUT2D eigenvalue weighted by molar-refractivity contribution is -0.137. The molecule has 0 aliphatic carbocycles. The van der Waals surface area contributed by atoms with Gasteiger partial charge in [-0.25, -0.2) is 0 Å². The molecule has 14 heavy (non-hydrogen) atoms. The summed E-state index contributed by atoms with van der Waals surface area (Å²) >= 11 is 0. The summed E-state index contributed by atoms with van der Waals surface area (Å²) in [4.78, 5) is 10.3. The summed E-state index contributed by atoms with van der Waals surface area (Å²) in [6, 6.07) is 7.47. The van der Waals surface area contributed by atoms with E-state index < -0.39 is 12.1 Å². The zero-order valence-corrected chi connectivity index (χ0v) is 8.10. The molecule has 1 rings (SSSR count). The first-order valence-electron chi connectivity index (χ1n) is 4.56. The zero-order chi connectivity index (χ0) is 10.6. The van der Waals surface area contributed by atoms with Crippen LogP contribution in [0.1, 0.15) is 30.1 Å². The first kappa shape index (κ1) is 10.7. The van der Waals surface area contributed by atoms with E-state index >= 15 is 0 Å². The van der Waals surface area contributed by atoms with Gasteiger partial charge in [-0.15, -0.1) is 0 Å². The highest BCUT2D eigenvalue weighted by molar-refractivity contribution is 5.66. The number of carboxylic acids is 1. The van der Waals surface area contributed by atoms with Crippen molar-refractivity contribution < 1.29 is 15.0 Å². The van der Waals surface area contributed by atoms with E-state index in [1.807, 2.05) is 25.1 Å². The lowest BCUT2D eigenvalue weighted by Crippen LogP contribution is -2.02. The first-order chi connectivity index (χ1) is 6.59. The largest absolute Gasteiger partial charge is 0.481 e. The van der Waals surface area contributed by atoms with E-state index in [9.17, 15) is 9.90 Å². The van der Waals surface area contributed by atoms with Crippen molar-refractivity contribution in [3.8, 4) is 0 Å². The summed E-state index contributed by atoms with van der Waals surface area (Å²) < 4.78 is 0. The molecule has 1 unspecified atom stereocenters. The third-order valence-electron chi connectivity index (χ3n) is 2.06. The van der Waals surface area contributed by atoms with Gasteiger partial charge in [-0.1, -0.05) is 29.8 Å². The average molecular weight is 194 g/mol. The van der Waals surface area contributed by atoms with Crippen LogP contribution >= 0.6 is 0 Å². The van der Waals surface area contributed by atoms with Gasteiger partial charge in [0.2, 0.25) is 0 Å². The van der Waals surface area contributed by atoms with Crippen molar-refractivity contribution in [3.05, 3.63) is 35.4 Å². The van der Waals surface area contributed by atoms with Gasteiger partial charge in [0.25, 0.3) is 0 Å². The Labute approximate surface area is 83.0 Å². The van der Waals surface area contributed by atoms with E-state index in [-0.39, 0.29) is 12.8 Å². The van der Waals surface area contributed by atoms with Gasteiger partial charge in [0.05, 0.1) is 6.10 Å². The summed E-state index contributed by atoms with van der Waals surface area (Å²) in [5.41, 5.74) is 1.85. The molecule has 1 aromatic carbocycles. The molecule has 0 aliphatic heterocycles. The van der Waals surface area contributed by atoms with Crippen LogP contribution in [0, 0.1) is 6.92 Å². The Morgan fingerprint density at radius 1 is 1.50 bits per heavy atom. The smallest absolute Gasteiger partial charge is 0.303 e. The van der Waals surface area contributed by atoms with Gasteiger partial charge in [-0.05, 0) is 18.9 Å². The molecule has 0 amide bonds. The molecule has 1 atom stereocenters. The standard InChI is InChI=1S/C11H14O3/c1-8-3-2-4-9(7-8)10(12)5-6-11(13)14/h2-4,7,10,12H,5-6H2,1H3,(H,13,14). The molecular formula is C11H14O3. The van der Waals surface area contributed by atoms with Crippen molar-refractivity contribution in [2.45, 2.75) is 25.9 Å². The molecule has 0 saturated heterocycles. The summed E-state index contributed by atoms with van der Waals surface area (Å²) in [6.45, 7) is 1.94. The summed E-state index contributed by atoms with van der Waals surface area (Å²) in [5, 5.41) is 18.1. The highest BCUT2D eigenvalue weighted by Gasteiger charge is 2.09. The molecule has 0 spiro atoms. The Kier molecular flexibility index (Phi) is 3.65. The molecule has 76 valence electrons. The maximum absolute atomic E-state index is 10.3. The Hall–Kier alpha value is -1.35. The van der Waals surface area contributed by atoms with Crippen LogP contribution in [0.4, 0.5) is 0 Å². The summed E-state index contributed by atoms with van der Waals surface area (Å²) in [7, 11) is 0. The molecule has 0 saturated carbocycles. The van der Waals surface area contributed by atoms with Gasteiger partial charge >= 0.3 is 5.97 Å². The molecule has 0 bridgehead atoms. The van der Waals surface area contributed by atoms with Crippen LogP contribution in [0.15, 0.2) is 24.3 Å². The SMILES string of the molecule is Cc1cccc(C(O)CCC(=O)O)c1. The number of rotatable bonds is 4. The van der Waals surface area contributed by atoms with Crippen molar-refractivity contribution in [3.63, 3.8) is 0 Å². The second-order valence-electron chi connectivity index (χ2n) is 3.36. The molecule has 0 radical (unpaired) electrons. The lowest BCUT2D eigenvalue weighted by atomic mass is 10.0. The number of hydrogen-bond donors (Lipinski definition) is 2. The van der Waals surface area contributed by atoms with E-state index in [1.165, 1.54) is 0 Å². The quantitative estimate of drug-likeness (QED) is 0.769. The van der Waals surface area contributed by atoms with Crippen molar-refractivity contribution in [1.29, 1.82) is 0 Å². The number of hydrogen-bond acceptors (Lipinski definition) is 2. The predicted octanol–water partition coefficient (Wildman–Crippen LogP) is 1.89. The minimum atomic E-state index is -0.878. The van der Waals surface area contributed by atoms with Gasteiger partial charge in [-0.2, -0.15) is 0 Å². The van der Waals surface area contributed by atoms with Gasteiger partial charge in [0.15, 0.2) is 0 Å².